The third-order valence-electron chi connectivity index (χ3n) is 0.678. The highest BCUT2D eigenvalue weighted by Gasteiger charge is 1.97. The van der Waals surface area contributed by atoms with E-state index in [4.69, 9.17) is 0 Å². The normalized spacial score (nSPS) is 8.60. The van der Waals surface area contributed by atoms with Crippen LogP contribution < -0.4 is 5.32 Å². The van der Waals surface area contributed by atoms with Gasteiger partial charge < -0.3 is 10.1 Å². The molecule has 4 nitrogen and oxygen atoms in total. The number of carbonyl (C=O) groups excluding carboxylic acids is 2. The Morgan fingerprint density at radius 3 is 2.60 bits per heavy atom. The first-order valence-corrected chi connectivity index (χ1v) is 3.84. The number of thioether (sulfide) groups is 1. The molecule has 0 aromatic carbocycles. The molecule has 58 valence electrons. The molecule has 0 aliphatic rings. The Labute approximate surface area is 63.3 Å². The van der Waals surface area contributed by atoms with Crippen molar-refractivity contribution >= 4 is 23.0 Å². The molecule has 0 aromatic heterocycles. The molecule has 0 rings (SSSR count). The van der Waals surface area contributed by atoms with E-state index in [-0.39, 0.29) is 12.6 Å². The van der Waals surface area contributed by atoms with Gasteiger partial charge in [-0.3, -0.25) is 4.79 Å². The highest BCUT2D eigenvalue weighted by atomic mass is 32.2. The number of carbonyl (C=O) groups is 2. The summed E-state index contributed by atoms with van der Waals surface area (Å²) in [6.45, 7) is 1.31. The predicted octanol–water partition coefficient (Wildman–Crippen LogP) is 0.580. The summed E-state index contributed by atoms with van der Waals surface area (Å²) in [6.07, 6.45) is 1.61. The van der Waals surface area contributed by atoms with E-state index in [1.165, 1.54) is 6.92 Å². The van der Waals surface area contributed by atoms with Crippen molar-refractivity contribution in [3.63, 3.8) is 0 Å². The highest BCUT2D eigenvalue weighted by molar-refractivity contribution is 8.12. The first kappa shape index (κ1) is 9.29. The third-order valence-corrected chi connectivity index (χ3v) is 1.13. The number of hydrogen-bond acceptors (Lipinski definition) is 4. The number of amides is 1. The van der Waals surface area contributed by atoms with Crippen LogP contribution in [0, 0.1) is 0 Å². The maximum atomic E-state index is 10.4. The Hall–Kier alpha value is -0.710. The van der Waals surface area contributed by atoms with Gasteiger partial charge in [0.15, 0.2) is 6.73 Å². The summed E-state index contributed by atoms with van der Waals surface area (Å²) in [4.78, 5) is 20.6. The molecular weight excluding hydrogens is 154 g/mol. The van der Waals surface area contributed by atoms with Crippen LogP contribution >= 0.6 is 11.8 Å². The van der Waals surface area contributed by atoms with Gasteiger partial charge in [0.2, 0.25) is 5.91 Å². The Morgan fingerprint density at radius 1 is 1.60 bits per heavy atom. The molecule has 0 saturated carbocycles. The van der Waals surface area contributed by atoms with Gasteiger partial charge >= 0.3 is 5.30 Å². The predicted molar refractivity (Wildman–Crippen MR) is 38.7 cm³/mol. The summed E-state index contributed by atoms with van der Waals surface area (Å²) < 4.78 is 4.49. The molecule has 10 heavy (non-hydrogen) atoms. The minimum Gasteiger partial charge on any atom is -0.436 e. The summed E-state index contributed by atoms with van der Waals surface area (Å²) in [6, 6.07) is 0. The van der Waals surface area contributed by atoms with Gasteiger partial charge in [0.25, 0.3) is 0 Å². The van der Waals surface area contributed by atoms with Crippen LogP contribution in [0.3, 0.4) is 0 Å². The van der Waals surface area contributed by atoms with Gasteiger partial charge in [-0.05, 0) is 18.0 Å². The van der Waals surface area contributed by atoms with Crippen molar-refractivity contribution < 1.29 is 14.3 Å². The van der Waals surface area contributed by atoms with E-state index in [9.17, 15) is 9.59 Å². The number of rotatable bonds is 2. The van der Waals surface area contributed by atoms with Gasteiger partial charge in [0.05, 0.1) is 0 Å². The lowest BCUT2D eigenvalue weighted by Gasteiger charge is -2.01. The van der Waals surface area contributed by atoms with Crippen LogP contribution in [-0.2, 0) is 9.53 Å². The third kappa shape index (κ3) is 5.43. The van der Waals surface area contributed by atoms with Gasteiger partial charge in [-0.1, -0.05) is 0 Å². The summed E-state index contributed by atoms with van der Waals surface area (Å²) in [5.41, 5.74) is 0. The lowest BCUT2D eigenvalue weighted by atomic mass is 10.7. The van der Waals surface area contributed by atoms with Gasteiger partial charge in [-0.25, -0.2) is 4.79 Å². The first-order chi connectivity index (χ1) is 4.66. The van der Waals surface area contributed by atoms with Crippen molar-refractivity contribution in [2.75, 3.05) is 13.0 Å². The van der Waals surface area contributed by atoms with E-state index in [0.29, 0.717) is 0 Å². The molecule has 5 heteroatoms. The smallest absolute Gasteiger partial charge is 0.368 e. The fraction of sp³-hybridized carbons (Fsp3) is 0.600. The topological polar surface area (TPSA) is 55.4 Å². The average molecular weight is 163 g/mol. The molecule has 0 aromatic rings. The largest absolute Gasteiger partial charge is 0.436 e. The van der Waals surface area contributed by atoms with Gasteiger partial charge in [0.1, 0.15) is 0 Å². The zero-order chi connectivity index (χ0) is 7.98. The molecular formula is C5H9NO3S. The van der Waals surface area contributed by atoms with Crippen LogP contribution in [0.25, 0.3) is 0 Å². The maximum Gasteiger partial charge on any atom is 0.368 e. The molecule has 0 aliphatic carbocycles. The van der Waals surface area contributed by atoms with E-state index in [0.717, 1.165) is 11.8 Å². The first-order valence-electron chi connectivity index (χ1n) is 2.62. The second-order valence-corrected chi connectivity index (χ2v) is 2.22. The summed E-state index contributed by atoms with van der Waals surface area (Å²) in [7, 11) is 0. The minimum absolute atomic E-state index is 0.0466. The Bertz CT molecular complexity index is 137. The van der Waals surface area contributed by atoms with Crippen molar-refractivity contribution in [1.82, 2.24) is 5.32 Å². The zero-order valence-corrected chi connectivity index (χ0v) is 6.66. The van der Waals surface area contributed by atoms with Crippen molar-refractivity contribution in [2.45, 2.75) is 6.92 Å². The molecule has 0 unspecified atom stereocenters. The average Bonchev–Trinajstić information content (AvgIpc) is 1.87. The molecule has 0 fully saturated rings. The second-order valence-electron chi connectivity index (χ2n) is 1.48. The molecule has 0 heterocycles. The van der Waals surface area contributed by atoms with E-state index in [1.807, 2.05) is 0 Å². The molecule has 0 atom stereocenters. The lowest BCUT2D eigenvalue weighted by Crippen LogP contribution is -2.23. The standard InChI is InChI=1S/C5H9NO3S/c1-4(7)6-3-9-5(8)10-2/h3H2,1-2H3,(H,6,7). The highest BCUT2D eigenvalue weighted by Crippen LogP contribution is 1.96. The van der Waals surface area contributed by atoms with Crippen molar-refractivity contribution in [3.05, 3.63) is 0 Å². The Morgan fingerprint density at radius 2 is 2.20 bits per heavy atom. The quantitative estimate of drug-likeness (QED) is 0.478. The molecule has 0 bridgehead atoms. The van der Waals surface area contributed by atoms with Crippen molar-refractivity contribution in [2.24, 2.45) is 0 Å². The SMILES string of the molecule is CSC(=O)OCNC(C)=O. The number of nitrogens with one attached hydrogen (secondary N) is 1. The second kappa shape index (κ2) is 5.10. The zero-order valence-electron chi connectivity index (χ0n) is 5.84. The fourth-order valence-corrected chi connectivity index (χ4v) is 0.432. The van der Waals surface area contributed by atoms with E-state index < -0.39 is 5.30 Å². The van der Waals surface area contributed by atoms with Crippen LogP contribution in [0.2, 0.25) is 0 Å². The lowest BCUT2D eigenvalue weighted by molar-refractivity contribution is -0.119. The monoisotopic (exact) mass is 163 g/mol. The van der Waals surface area contributed by atoms with E-state index >= 15 is 0 Å². The van der Waals surface area contributed by atoms with E-state index in [1.54, 1.807) is 6.26 Å². The fourth-order valence-electron chi connectivity index (χ4n) is 0.256. The molecule has 1 amide bonds. The molecule has 0 aliphatic heterocycles. The maximum absolute atomic E-state index is 10.4. The van der Waals surface area contributed by atoms with Crippen molar-refractivity contribution in [1.29, 1.82) is 0 Å². The van der Waals surface area contributed by atoms with Crippen LogP contribution in [-0.4, -0.2) is 24.2 Å². The molecule has 1 N–H and O–H groups in total. The summed E-state index contributed by atoms with van der Waals surface area (Å²) in [5, 5.41) is 1.92. The van der Waals surface area contributed by atoms with Crippen LogP contribution in [0.5, 0.6) is 0 Å². The van der Waals surface area contributed by atoms with Crippen LogP contribution in [0.1, 0.15) is 6.92 Å². The van der Waals surface area contributed by atoms with Crippen molar-refractivity contribution in [3.8, 4) is 0 Å². The van der Waals surface area contributed by atoms with Gasteiger partial charge in [-0.15, -0.1) is 0 Å². The van der Waals surface area contributed by atoms with Crippen LogP contribution in [0.15, 0.2) is 0 Å². The summed E-state index contributed by atoms with van der Waals surface area (Å²) in [5.74, 6) is -0.214. The summed E-state index contributed by atoms with van der Waals surface area (Å²) >= 11 is 0.964. The van der Waals surface area contributed by atoms with Crippen LogP contribution in [0.4, 0.5) is 4.79 Å². The number of hydrogen-bond donors (Lipinski definition) is 1. The number of ether oxygens (including phenoxy) is 1. The van der Waals surface area contributed by atoms with E-state index in [2.05, 4.69) is 10.1 Å². The Kier molecular flexibility index (Phi) is 4.74. The molecule has 0 saturated heterocycles. The molecule has 0 spiro atoms. The van der Waals surface area contributed by atoms with Gasteiger partial charge in [0, 0.05) is 6.92 Å². The Balaban J connectivity index is 3.20. The minimum atomic E-state index is -0.395. The van der Waals surface area contributed by atoms with Gasteiger partial charge in [-0.2, -0.15) is 0 Å². The molecule has 0 radical (unpaired) electrons.